The molecule has 162 valence electrons. The third-order valence-corrected chi connectivity index (χ3v) is 7.74. The SMILES string of the molecule is CCC(NC(=O)c1cccc(S(=O)(=O)N2CCN(C)CC2)c1)c1ccc(C)c(C)c1. The summed E-state index contributed by atoms with van der Waals surface area (Å²) in [6.07, 6.45) is 0.744. The van der Waals surface area contributed by atoms with E-state index < -0.39 is 10.0 Å². The monoisotopic (exact) mass is 429 g/mol. The maximum atomic E-state index is 13.0. The van der Waals surface area contributed by atoms with Gasteiger partial charge in [-0.15, -0.1) is 0 Å². The first-order valence-corrected chi connectivity index (χ1v) is 11.8. The van der Waals surface area contributed by atoms with Gasteiger partial charge in [0.2, 0.25) is 10.0 Å². The van der Waals surface area contributed by atoms with Gasteiger partial charge >= 0.3 is 0 Å². The van der Waals surface area contributed by atoms with E-state index in [1.54, 1.807) is 18.2 Å². The molecule has 6 nitrogen and oxygen atoms in total. The standard InChI is InChI=1S/C23H31N3O3S/c1-5-22(19-10-9-17(2)18(3)15-19)24-23(27)20-7-6-8-21(16-20)30(28,29)26-13-11-25(4)12-14-26/h6-10,15-16,22H,5,11-14H2,1-4H3,(H,24,27). The molecule has 0 saturated carbocycles. The zero-order valence-corrected chi connectivity index (χ0v) is 19.0. The van der Waals surface area contributed by atoms with Gasteiger partial charge in [0, 0.05) is 31.7 Å². The van der Waals surface area contributed by atoms with Crippen molar-refractivity contribution in [2.24, 2.45) is 0 Å². The summed E-state index contributed by atoms with van der Waals surface area (Å²) in [6.45, 7) is 8.46. The van der Waals surface area contributed by atoms with E-state index in [0.29, 0.717) is 31.7 Å². The fraction of sp³-hybridized carbons (Fsp3) is 0.435. The van der Waals surface area contributed by atoms with Crippen LogP contribution in [0.2, 0.25) is 0 Å². The second kappa shape index (κ2) is 9.29. The van der Waals surface area contributed by atoms with Gasteiger partial charge in [0.25, 0.3) is 5.91 Å². The average Bonchev–Trinajstić information content (AvgIpc) is 2.74. The van der Waals surface area contributed by atoms with E-state index in [1.807, 2.05) is 20.0 Å². The minimum absolute atomic E-state index is 0.130. The number of sulfonamides is 1. The van der Waals surface area contributed by atoms with Crippen LogP contribution in [-0.4, -0.2) is 56.8 Å². The fourth-order valence-electron chi connectivity index (χ4n) is 3.62. The topological polar surface area (TPSA) is 69.7 Å². The van der Waals surface area contributed by atoms with Gasteiger partial charge in [0.05, 0.1) is 10.9 Å². The molecule has 0 radical (unpaired) electrons. The molecule has 30 heavy (non-hydrogen) atoms. The summed E-state index contributed by atoms with van der Waals surface area (Å²) in [6, 6.07) is 12.4. The number of benzene rings is 2. The molecule has 0 aliphatic carbocycles. The number of hydrogen-bond acceptors (Lipinski definition) is 4. The number of likely N-dealkylation sites (N-methyl/N-ethyl adjacent to an activating group) is 1. The van der Waals surface area contributed by atoms with Crippen LogP contribution in [0.25, 0.3) is 0 Å². The zero-order valence-electron chi connectivity index (χ0n) is 18.2. The van der Waals surface area contributed by atoms with Crippen molar-refractivity contribution in [3.05, 3.63) is 64.7 Å². The van der Waals surface area contributed by atoms with Gasteiger partial charge in [-0.3, -0.25) is 4.79 Å². The molecule has 1 saturated heterocycles. The minimum atomic E-state index is -3.61. The molecule has 1 aliphatic rings. The molecule has 1 heterocycles. The Bertz CT molecular complexity index is 1010. The maximum absolute atomic E-state index is 13.0. The molecule has 1 amide bonds. The van der Waals surface area contributed by atoms with Gasteiger partial charge in [-0.1, -0.05) is 31.2 Å². The van der Waals surface area contributed by atoms with Crippen molar-refractivity contribution in [2.75, 3.05) is 33.2 Å². The van der Waals surface area contributed by atoms with Crippen molar-refractivity contribution in [3.8, 4) is 0 Å². The molecule has 1 unspecified atom stereocenters. The van der Waals surface area contributed by atoms with Crippen LogP contribution in [-0.2, 0) is 10.0 Å². The van der Waals surface area contributed by atoms with E-state index in [9.17, 15) is 13.2 Å². The molecule has 1 atom stereocenters. The molecular formula is C23H31N3O3S. The number of aryl methyl sites for hydroxylation is 2. The average molecular weight is 430 g/mol. The summed E-state index contributed by atoms with van der Waals surface area (Å²) in [7, 11) is -1.63. The highest BCUT2D eigenvalue weighted by Crippen LogP contribution is 2.22. The van der Waals surface area contributed by atoms with Gasteiger partial charge in [-0.2, -0.15) is 4.31 Å². The zero-order chi connectivity index (χ0) is 21.9. The van der Waals surface area contributed by atoms with Gasteiger partial charge in [0.15, 0.2) is 0 Å². The summed E-state index contributed by atoms with van der Waals surface area (Å²) in [5, 5.41) is 3.06. The van der Waals surface area contributed by atoms with E-state index in [2.05, 4.69) is 36.2 Å². The van der Waals surface area contributed by atoms with Gasteiger partial charge in [0.1, 0.15) is 0 Å². The molecule has 1 aliphatic heterocycles. The van der Waals surface area contributed by atoms with E-state index in [1.165, 1.54) is 21.5 Å². The van der Waals surface area contributed by atoms with Crippen LogP contribution in [0.4, 0.5) is 0 Å². The highest BCUT2D eigenvalue weighted by atomic mass is 32.2. The lowest BCUT2D eigenvalue weighted by molar-refractivity contribution is 0.0935. The van der Waals surface area contributed by atoms with Crippen LogP contribution < -0.4 is 5.32 Å². The number of amides is 1. The Kier molecular flexibility index (Phi) is 6.95. The molecule has 7 heteroatoms. The van der Waals surface area contributed by atoms with Crippen molar-refractivity contribution in [3.63, 3.8) is 0 Å². The van der Waals surface area contributed by atoms with Gasteiger partial charge in [-0.05, 0) is 62.2 Å². The predicted molar refractivity (Wildman–Crippen MR) is 119 cm³/mol. The maximum Gasteiger partial charge on any atom is 0.251 e. The summed E-state index contributed by atoms with van der Waals surface area (Å²) in [5.41, 5.74) is 3.80. The van der Waals surface area contributed by atoms with Crippen molar-refractivity contribution in [2.45, 2.75) is 38.1 Å². The molecular weight excluding hydrogens is 398 g/mol. The molecule has 0 aromatic heterocycles. The quantitative estimate of drug-likeness (QED) is 0.766. The molecule has 0 spiro atoms. The summed E-state index contributed by atoms with van der Waals surface area (Å²) in [4.78, 5) is 15.2. The smallest absolute Gasteiger partial charge is 0.251 e. The first-order valence-electron chi connectivity index (χ1n) is 10.4. The molecule has 2 aromatic rings. The Morgan fingerprint density at radius 3 is 2.37 bits per heavy atom. The van der Waals surface area contributed by atoms with Crippen molar-refractivity contribution < 1.29 is 13.2 Å². The van der Waals surface area contributed by atoms with E-state index in [0.717, 1.165) is 12.0 Å². The van der Waals surface area contributed by atoms with Crippen molar-refractivity contribution in [1.82, 2.24) is 14.5 Å². The van der Waals surface area contributed by atoms with Crippen LogP contribution in [0.5, 0.6) is 0 Å². The number of carbonyl (C=O) groups excluding carboxylic acids is 1. The normalized spacial score (nSPS) is 16.9. The van der Waals surface area contributed by atoms with Crippen LogP contribution >= 0.6 is 0 Å². The lowest BCUT2D eigenvalue weighted by Crippen LogP contribution is -2.47. The highest BCUT2D eigenvalue weighted by Gasteiger charge is 2.28. The minimum Gasteiger partial charge on any atom is -0.345 e. The van der Waals surface area contributed by atoms with Gasteiger partial charge in [-0.25, -0.2) is 8.42 Å². The summed E-state index contributed by atoms with van der Waals surface area (Å²) < 4.78 is 27.5. The Balaban J connectivity index is 1.79. The molecule has 1 N–H and O–H groups in total. The predicted octanol–water partition coefficient (Wildman–Crippen LogP) is 3.12. The Hall–Kier alpha value is -2.22. The van der Waals surface area contributed by atoms with E-state index in [-0.39, 0.29) is 16.8 Å². The summed E-state index contributed by atoms with van der Waals surface area (Å²) in [5.74, 6) is -0.268. The Morgan fingerprint density at radius 1 is 1.03 bits per heavy atom. The van der Waals surface area contributed by atoms with Gasteiger partial charge < -0.3 is 10.2 Å². The van der Waals surface area contributed by atoms with E-state index >= 15 is 0 Å². The largest absolute Gasteiger partial charge is 0.345 e. The lowest BCUT2D eigenvalue weighted by Gasteiger charge is -2.31. The van der Waals surface area contributed by atoms with Crippen LogP contribution in [0, 0.1) is 13.8 Å². The van der Waals surface area contributed by atoms with Crippen LogP contribution in [0.15, 0.2) is 47.4 Å². The molecule has 3 rings (SSSR count). The lowest BCUT2D eigenvalue weighted by atomic mass is 9.99. The summed E-state index contributed by atoms with van der Waals surface area (Å²) >= 11 is 0. The molecule has 0 bridgehead atoms. The fourth-order valence-corrected chi connectivity index (χ4v) is 5.09. The number of rotatable bonds is 6. The molecule has 1 fully saturated rings. The molecule has 2 aromatic carbocycles. The van der Waals surface area contributed by atoms with E-state index in [4.69, 9.17) is 0 Å². The number of hydrogen-bond donors (Lipinski definition) is 1. The number of piperazine rings is 1. The van der Waals surface area contributed by atoms with Crippen molar-refractivity contribution >= 4 is 15.9 Å². The second-order valence-electron chi connectivity index (χ2n) is 8.01. The number of nitrogens with one attached hydrogen (secondary N) is 1. The number of nitrogens with zero attached hydrogens (tertiary/aromatic N) is 2. The first-order chi connectivity index (χ1) is 14.2. The third-order valence-electron chi connectivity index (χ3n) is 5.84. The van der Waals surface area contributed by atoms with Crippen LogP contribution in [0.3, 0.4) is 0 Å². The third kappa shape index (κ3) is 4.91. The number of carbonyl (C=O) groups is 1. The highest BCUT2D eigenvalue weighted by molar-refractivity contribution is 7.89. The van der Waals surface area contributed by atoms with Crippen molar-refractivity contribution in [1.29, 1.82) is 0 Å². The Morgan fingerprint density at radius 2 is 1.73 bits per heavy atom. The van der Waals surface area contributed by atoms with Crippen LogP contribution in [0.1, 0.15) is 46.4 Å². The Labute approximate surface area is 179 Å². The second-order valence-corrected chi connectivity index (χ2v) is 9.95. The first kappa shape index (κ1) is 22.5.